The fourth-order valence-corrected chi connectivity index (χ4v) is 0. The molecule has 0 fully saturated rings. The Hall–Kier alpha value is -0.670. The molecule has 0 aromatic rings. The second-order valence-electron chi connectivity index (χ2n) is 1.04. The molecule has 1 nitrogen and oxygen atoms in total. The van der Waals surface area contributed by atoms with Crippen LogP contribution in [0.15, 0.2) is 0 Å². The normalized spacial score (nSPS) is 18.0. The van der Waals surface area contributed by atoms with Crippen molar-refractivity contribution >= 4 is 23.2 Å². The van der Waals surface area contributed by atoms with E-state index in [0.717, 1.165) is 0 Å². The van der Waals surface area contributed by atoms with Gasteiger partial charge in [0, 0.05) is 0 Å². The van der Waals surface area contributed by atoms with Crippen molar-refractivity contribution < 1.29 is 18.3 Å². The molecule has 0 aromatic heterocycles. The maximum Gasteiger partial charge on any atom is 0.394 e. The molecule has 0 rings (SSSR count). The Morgan fingerprint density at radius 1 is 1.11 bits per heavy atom. The van der Waals surface area contributed by atoms with Crippen LogP contribution in [-0.2, 0) is 0 Å². The number of hydrogen-bond acceptors (Lipinski definition) is 1. The first-order chi connectivity index (χ1) is 3.25. The average molecular weight is 436 g/mol. The van der Waals surface area contributed by atoms with Crippen LogP contribution in [0.4, 0.5) is 13.2 Å². The first-order valence-corrected chi connectivity index (χ1v) is 2.17. The van der Waals surface area contributed by atoms with E-state index in [1.165, 1.54) is 0 Å². The first kappa shape index (κ1) is 11.2. The van der Waals surface area contributed by atoms with E-state index in [-0.39, 0.29) is 0 Å². The number of rotatable bonds is 1. The second kappa shape index (κ2) is 2.29. The van der Waals surface area contributed by atoms with Gasteiger partial charge in [0.2, 0.25) is 0 Å². The molecule has 0 heterocycles. The quantitative estimate of drug-likeness (QED) is 0.621. The van der Waals surface area contributed by atoms with Gasteiger partial charge in [-0.05, 0) is 23.2 Å². The molecule has 1 atom stereocenters. The van der Waals surface area contributed by atoms with E-state index in [4.69, 9.17) is 5.11 Å². The molecule has 0 aliphatic rings. The van der Waals surface area contributed by atoms with Gasteiger partial charge in [0.05, 0.1) is 0 Å². The van der Waals surface area contributed by atoms with Crippen LogP contribution in [0.25, 0.3) is 0 Å². The summed E-state index contributed by atoms with van der Waals surface area (Å²) in [6, 6.07) is 0. The molecule has 0 saturated carbocycles. The molecule has 52 valence electrons. The van der Waals surface area contributed by atoms with Crippen molar-refractivity contribution in [3.05, 3.63) is 0 Å². The Morgan fingerprint density at radius 2 is 1.22 bits per heavy atom. The Morgan fingerprint density at radius 3 is 1.22 bits per heavy atom. The van der Waals surface area contributed by atoms with Crippen molar-refractivity contribution in [1.82, 2.24) is 0 Å². The van der Waals surface area contributed by atoms with Crippen LogP contribution in [0, 0.1) is 0 Å². The minimum absolute atomic E-state index is 0. The topological polar surface area (TPSA) is 20.2 Å². The molecule has 9 heavy (non-hydrogen) atoms. The molecule has 0 radical (unpaired) electrons. The van der Waals surface area contributed by atoms with Crippen LogP contribution in [-0.4, -0.2) is 15.8 Å². The molecule has 0 aliphatic carbocycles. The van der Waals surface area contributed by atoms with Gasteiger partial charge < -0.3 is 5.11 Å². The zero-order valence-corrected chi connectivity index (χ0v) is 12.0. The summed E-state index contributed by atoms with van der Waals surface area (Å²) in [7, 11) is 0. The van der Waals surface area contributed by atoms with Gasteiger partial charge in [-0.25, -0.2) is 0 Å². The molecular weight excluding hydrogens is 435 g/mol. The summed E-state index contributed by atoms with van der Waals surface area (Å²) >= 11 is 7.94. The summed E-state index contributed by atoms with van der Waals surface area (Å²) in [5.74, 6) is 0. The maximum atomic E-state index is 11.3. The van der Waals surface area contributed by atoms with Crippen LogP contribution >= 0.6 is 23.2 Å². The van der Waals surface area contributed by atoms with Gasteiger partial charge in [0.1, 0.15) is 0 Å². The molecule has 0 aromatic carbocycles. The Labute approximate surface area is 53.0 Å². The summed E-state index contributed by atoms with van der Waals surface area (Å²) in [5, 5.41) is -1.02. The van der Waals surface area contributed by atoms with Crippen molar-refractivity contribution in [2.45, 2.75) is 10.7 Å². The van der Waals surface area contributed by atoms with Crippen molar-refractivity contribution in [3.63, 3.8) is 0 Å². The first-order valence-electron chi connectivity index (χ1n) is 1.42. The van der Waals surface area contributed by atoms with E-state index in [1.807, 2.05) is 0 Å². The fraction of sp³-hybridized carbons (Fsp3) is 1.00. The minimum Gasteiger partial charge on any atom is -0.344 e. The predicted octanol–water partition coefficient (Wildman–Crippen LogP) is 1.67. The number of aliphatic hydroxyl groups is 1. The van der Waals surface area contributed by atoms with Gasteiger partial charge >= 0.3 is 10.7 Å². The van der Waals surface area contributed by atoms with Crippen LogP contribution < -0.4 is 0 Å². The van der Waals surface area contributed by atoms with Crippen molar-refractivity contribution in [3.8, 4) is 0 Å². The van der Waals surface area contributed by atoms with E-state index >= 15 is 0 Å². The van der Waals surface area contributed by atoms with Gasteiger partial charge in [-0.2, -0.15) is 13.2 Å². The molecule has 1 N–H and O–H groups in total. The van der Waals surface area contributed by atoms with Crippen LogP contribution in [0.5, 0.6) is 0 Å². The van der Waals surface area contributed by atoms with Crippen molar-refractivity contribution in [2.24, 2.45) is 0 Å². The summed E-state index contributed by atoms with van der Waals surface area (Å²) in [4.78, 5) is 0. The fourth-order valence-electron chi connectivity index (χ4n) is 0. The Bertz CT molecular complexity index is 74.8. The molecule has 0 amide bonds. The zero-order valence-electron chi connectivity index (χ0n) is 4.04. The van der Waals surface area contributed by atoms with E-state index in [9.17, 15) is 13.2 Å². The van der Waals surface area contributed by atoms with E-state index in [2.05, 4.69) is 23.2 Å². The molecule has 0 aliphatic heterocycles. The van der Waals surface area contributed by atoms with Gasteiger partial charge in [-0.15, -0.1) is 0 Å². The molecule has 0 spiro atoms. The third kappa shape index (κ3) is 3.00. The average Bonchev–Trinajstić information content (AvgIpc) is 1.25. The van der Waals surface area contributed by atoms with Crippen molar-refractivity contribution in [1.29, 1.82) is 0 Å². The zero-order chi connectivity index (χ0) is 7.00. The third-order valence-electron chi connectivity index (χ3n) is 0.341. The second-order valence-corrected chi connectivity index (χ2v) is 2.01. The SMILES string of the molecule is OC(F)(Cl)C(F)(F)Cl.[Rf]. The number of halogens is 5. The van der Waals surface area contributed by atoms with E-state index in [1.54, 1.807) is 0 Å². The summed E-state index contributed by atoms with van der Waals surface area (Å²) in [6.45, 7) is 0. The monoisotopic (exact) mass is 435 g/mol. The third-order valence-corrected chi connectivity index (χ3v) is 0.926. The van der Waals surface area contributed by atoms with Crippen LogP contribution in [0.3, 0.4) is 0 Å². The van der Waals surface area contributed by atoms with Crippen molar-refractivity contribution in [2.75, 3.05) is 0 Å². The summed E-state index contributed by atoms with van der Waals surface area (Å²) in [6.07, 6.45) is 0. The Kier molecular flexibility index (Phi) is 2.84. The van der Waals surface area contributed by atoms with Gasteiger partial charge in [-0.3, -0.25) is 0 Å². The van der Waals surface area contributed by atoms with Gasteiger partial charge in [-0.1, -0.05) is 0 Å². The number of alkyl halides is 5. The van der Waals surface area contributed by atoms with E-state index < -0.39 is 10.7 Å². The Balaban J connectivity index is 0. The molecule has 0 saturated heterocycles. The summed E-state index contributed by atoms with van der Waals surface area (Å²) in [5.41, 5.74) is 0. The predicted molar refractivity (Wildman–Crippen MR) is 22.7 cm³/mol. The van der Waals surface area contributed by atoms with Crippen LogP contribution in [0.2, 0.25) is 0 Å². The molecule has 7 heteroatoms. The van der Waals surface area contributed by atoms with Gasteiger partial charge in [0.25, 0.3) is 0 Å². The maximum absolute atomic E-state index is 11.3. The molecule has 0 bridgehead atoms. The number of hydrogen-bond donors (Lipinski definition) is 1. The summed E-state index contributed by atoms with van der Waals surface area (Å²) < 4.78 is 33.8. The standard InChI is InChI=1S/C2HCl2F3O.Rf/c3-1(5,6)2(4,7)8;/h8H;. The molecular formula is C2HCl2F3ORf. The largest absolute Gasteiger partial charge is 0.394 e. The minimum atomic E-state index is -4.44. The van der Waals surface area contributed by atoms with Gasteiger partial charge in [0.15, 0.2) is 0 Å². The van der Waals surface area contributed by atoms with Crippen LogP contribution in [0.1, 0.15) is 0 Å². The van der Waals surface area contributed by atoms with E-state index in [0.29, 0.717) is 0 Å². The molecule has 1 unspecified atom stereocenters. The smallest absolute Gasteiger partial charge is 0.344 e.